The first kappa shape index (κ1) is 16.6. The summed E-state index contributed by atoms with van der Waals surface area (Å²) in [6.07, 6.45) is 0.212. The number of hydrogen-bond acceptors (Lipinski definition) is 3. The highest BCUT2D eigenvalue weighted by Crippen LogP contribution is 2.18. The number of fused-ring (bicyclic) bond motifs is 1. The van der Waals surface area contributed by atoms with Gasteiger partial charge < -0.3 is 10.6 Å². The lowest BCUT2D eigenvalue weighted by Gasteiger charge is -2.09. The van der Waals surface area contributed by atoms with Crippen LogP contribution in [-0.4, -0.2) is 16.8 Å². The minimum atomic E-state index is -0.130. The fraction of sp³-hybridized carbons (Fsp3) is 0.150. The van der Waals surface area contributed by atoms with E-state index >= 15 is 0 Å². The number of carbonyl (C=O) groups excluding carboxylic acids is 2. The Bertz CT molecular complexity index is 933. The van der Waals surface area contributed by atoms with Gasteiger partial charge in [0.25, 0.3) is 0 Å². The summed E-state index contributed by atoms with van der Waals surface area (Å²) in [7, 11) is 0. The number of carbonyl (C=O) groups is 2. The average molecular weight is 333 g/mol. The fourth-order valence-corrected chi connectivity index (χ4v) is 2.64. The molecule has 0 aliphatic heterocycles. The second-order valence-corrected chi connectivity index (χ2v) is 5.93. The fourth-order valence-electron chi connectivity index (χ4n) is 2.64. The van der Waals surface area contributed by atoms with Crippen LogP contribution < -0.4 is 10.6 Å². The Kier molecular flexibility index (Phi) is 4.75. The number of nitrogens with zero attached hydrogens (tertiary/aromatic N) is 1. The van der Waals surface area contributed by atoms with Crippen molar-refractivity contribution >= 4 is 34.1 Å². The van der Waals surface area contributed by atoms with Crippen LogP contribution >= 0.6 is 0 Å². The van der Waals surface area contributed by atoms with Gasteiger partial charge in [0, 0.05) is 23.7 Å². The quantitative estimate of drug-likeness (QED) is 0.765. The monoisotopic (exact) mass is 333 g/mol. The molecule has 2 N–H and O–H groups in total. The highest BCUT2D eigenvalue weighted by molar-refractivity contribution is 5.93. The Morgan fingerprint density at radius 3 is 2.28 bits per heavy atom. The maximum atomic E-state index is 12.3. The SMILES string of the molecule is CC(=O)Nc1ccc(NC(=O)Cc2nc3ccccc3cc2C)cc1. The number of hydrogen-bond donors (Lipinski definition) is 2. The van der Waals surface area contributed by atoms with Gasteiger partial charge in [-0.3, -0.25) is 14.6 Å². The molecule has 25 heavy (non-hydrogen) atoms. The van der Waals surface area contributed by atoms with Crippen LogP contribution in [0.1, 0.15) is 18.2 Å². The summed E-state index contributed by atoms with van der Waals surface area (Å²) in [5.74, 6) is -0.257. The molecule has 0 aliphatic carbocycles. The van der Waals surface area contributed by atoms with Crippen molar-refractivity contribution in [3.8, 4) is 0 Å². The van der Waals surface area contributed by atoms with E-state index in [2.05, 4.69) is 15.6 Å². The van der Waals surface area contributed by atoms with Gasteiger partial charge in [-0.1, -0.05) is 18.2 Å². The molecule has 5 nitrogen and oxygen atoms in total. The Hall–Kier alpha value is -3.21. The Morgan fingerprint density at radius 1 is 0.960 bits per heavy atom. The average Bonchev–Trinajstić information content (AvgIpc) is 2.57. The van der Waals surface area contributed by atoms with Crippen LogP contribution in [0.15, 0.2) is 54.6 Å². The van der Waals surface area contributed by atoms with Crippen molar-refractivity contribution in [3.05, 3.63) is 65.9 Å². The number of amides is 2. The van der Waals surface area contributed by atoms with Gasteiger partial charge >= 0.3 is 0 Å². The zero-order valence-electron chi connectivity index (χ0n) is 14.2. The van der Waals surface area contributed by atoms with Crippen molar-refractivity contribution in [2.24, 2.45) is 0 Å². The minimum absolute atomic E-state index is 0.127. The maximum absolute atomic E-state index is 12.3. The molecule has 0 spiro atoms. The van der Waals surface area contributed by atoms with Gasteiger partial charge in [0.05, 0.1) is 17.6 Å². The number of rotatable bonds is 4. The number of aromatic nitrogens is 1. The van der Waals surface area contributed by atoms with E-state index in [9.17, 15) is 9.59 Å². The first-order valence-corrected chi connectivity index (χ1v) is 8.04. The van der Waals surface area contributed by atoms with E-state index in [1.54, 1.807) is 24.3 Å². The predicted octanol–water partition coefficient (Wildman–Crippen LogP) is 3.68. The highest BCUT2D eigenvalue weighted by Gasteiger charge is 2.09. The molecule has 0 aliphatic rings. The molecule has 2 aromatic carbocycles. The summed E-state index contributed by atoms with van der Waals surface area (Å²) in [5, 5.41) is 6.61. The van der Waals surface area contributed by atoms with Gasteiger partial charge in [0.2, 0.25) is 11.8 Å². The van der Waals surface area contributed by atoms with E-state index < -0.39 is 0 Å². The predicted molar refractivity (Wildman–Crippen MR) is 99.6 cm³/mol. The lowest BCUT2D eigenvalue weighted by Crippen LogP contribution is -2.16. The second-order valence-electron chi connectivity index (χ2n) is 5.93. The van der Waals surface area contributed by atoms with Crippen molar-refractivity contribution < 1.29 is 9.59 Å². The third-order valence-corrected chi connectivity index (χ3v) is 3.84. The first-order valence-electron chi connectivity index (χ1n) is 8.04. The van der Waals surface area contributed by atoms with E-state index in [1.807, 2.05) is 37.3 Å². The molecule has 0 bridgehead atoms. The van der Waals surface area contributed by atoms with E-state index in [4.69, 9.17) is 0 Å². The number of pyridine rings is 1. The molecule has 0 radical (unpaired) electrons. The summed E-state index contributed by atoms with van der Waals surface area (Å²) in [5.41, 5.74) is 4.02. The third-order valence-electron chi connectivity index (χ3n) is 3.84. The number of anilines is 2. The van der Waals surface area contributed by atoms with Gasteiger partial charge in [-0.2, -0.15) is 0 Å². The molecule has 1 heterocycles. The third kappa shape index (κ3) is 4.20. The molecular formula is C20H19N3O2. The van der Waals surface area contributed by atoms with Crippen molar-refractivity contribution in [2.75, 3.05) is 10.6 Å². The van der Waals surface area contributed by atoms with E-state index in [0.29, 0.717) is 11.4 Å². The summed E-state index contributed by atoms with van der Waals surface area (Å²) in [6.45, 7) is 3.42. The molecule has 3 aromatic rings. The standard InChI is InChI=1S/C20H19N3O2/c1-13-11-15-5-3-4-6-18(15)23-19(13)12-20(25)22-17-9-7-16(8-10-17)21-14(2)24/h3-11H,12H2,1-2H3,(H,21,24)(H,22,25). The normalized spacial score (nSPS) is 10.5. The van der Waals surface area contributed by atoms with Gasteiger partial charge in [0.1, 0.15) is 0 Å². The smallest absolute Gasteiger partial charge is 0.230 e. The summed E-state index contributed by atoms with van der Waals surface area (Å²) < 4.78 is 0. The van der Waals surface area contributed by atoms with Gasteiger partial charge in [-0.25, -0.2) is 0 Å². The molecular weight excluding hydrogens is 314 g/mol. The number of para-hydroxylation sites is 1. The van der Waals surface area contributed by atoms with E-state index in [0.717, 1.165) is 22.2 Å². The maximum Gasteiger partial charge on any atom is 0.230 e. The largest absolute Gasteiger partial charge is 0.326 e. The van der Waals surface area contributed by atoms with Crippen LogP contribution in [0, 0.1) is 6.92 Å². The van der Waals surface area contributed by atoms with Crippen LogP contribution in [0.3, 0.4) is 0 Å². The van der Waals surface area contributed by atoms with Crippen LogP contribution in [0.5, 0.6) is 0 Å². The van der Waals surface area contributed by atoms with Crippen molar-refractivity contribution in [1.29, 1.82) is 0 Å². The topological polar surface area (TPSA) is 71.1 Å². The van der Waals surface area contributed by atoms with Crippen molar-refractivity contribution in [2.45, 2.75) is 20.3 Å². The molecule has 0 atom stereocenters. The molecule has 0 saturated heterocycles. The first-order chi connectivity index (χ1) is 12.0. The molecule has 1 aromatic heterocycles. The summed E-state index contributed by atoms with van der Waals surface area (Å²) in [4.78, 5) is 27.9. The molecule has 0 fully saturated rings. The Labute approximate surface area is 146 Å². The Morgan fingerprint density at radius 2 is 1.60 bits per heavy atom. The zero-order valence-corrected chi connectivity index (χ0v) is 14.2. The number of benzene rings is 2. The van der Waals surface area contributed by atoms with Crippen molar-refractivity contribution in [1.82, 2.24) is 4.98 Å². The molecule has 2 amide bonds. The minimum Gasteiger partial charge on any atom is -0.326 e. The van der Waals surface area contributed by atoms with E-state index in [-0.39, 0.29) is 18.2 Å². The van der Waals surface area contributed by atoms with Crippen LogP contribution in [-0.2, 0) is 16.0 Å². The summed E-state index contributed by atoms with van der Waals surface area (Å²) in [6, 6.07) is 16.9. The molecule has 3 rings (SSSR count). The lowest BCUT2D eigenvalue weighted by atomic mass is 10.1. The molecule has 0 unspecified atom stereocenters. The van der Waals surface area contributed by atoms with Crippen LogP contribution in [0.2, 0.25) is 0 Å². The second kappa shape index (κ2) is 7.13. The summed E-state index contributed by atoms with van der Waals surface area (Å²) >= 11 is 0. The van der Waals surface area contributed by atoms with Crippen LogP contribution in [0.25, 0.3) is 10.9 Å². The highest BCUT2D eigenvalue weighted by atomic mass is 16.2. The van der Waals surface area contributed by atoms with E-state index in [1.165, 1.54) is 6.92 Å². The van der Waals surface area contributed by atoms with Gasteiger partial charge in [0.15, 0.2) is 0 Å². The van der Waals surface area contributed by atoms with Crippen LogP contribution in [0.4, 0.5) is 11.4 Å². The molecule has 0 saturated carbocycles. The molecule has 126 valence electrons. The van der Waals surface area contributed by atoms with Gasteiger partial charge in [-0.15, -0.1) is 0 Å². The lowest BCUT2D eigenvalue weighted by molar-refractivity contribution is -0.116. The van der Waals surface area contributed by atoms with Crippen molar-refractivity contribution in [3.63, 3.8) is 0 Å². The number of aryl methyl sites for hydroxylation is 1. The van der Waals surface area contributed by atoms with Gasteiger partial charge in [-0.05, 0) is 48.9 Å². The Balaban J connectivity index is 1.70. The zero-order chi connectivity index (χ0) is 17.8. The molecule has 5 heteroatoms. The number of nitrogens with one attached hydrogen (secondary N) is 2.